The Morgan fingerprint density at radius 3 is 2.67 bits per heavy atom. The monoisotopic (exact) mass is 407 g/mol. The predicted octanol–water partition coefficient (Wildman–Crippen LogP) is 2.08. The minimum atomic E-state index is -0.0396. The molecule has 1 unspecified atom stereocenters. The molecule has 2 aliphatic rings. The molecule has 1 atom stereocenters. The van der Waals surface area contributed by atoms with Gasteiger partial charge < -0.3 is 14.5 Å². The van der Waals surface area contributed by atoms with Gasteiger partial charge in [0.2, 0.25) is 0 Å². The lowest BCUT2D eigenvalue weighted by atomic mass is 9.91. The average Bonchev–Trinajstić information content (AvgIpc) is 3.28. The summed E-state index contributed by atoms with van der Waals surface area (Å²) in [5, 5.41) is 16.2. The van der Waals surface area contributed by atoms with Crippen LogP contribution in [0, 0.1) is 18.3 Å². The second-order valence-electron chi connectivity index (χ2n) is 7.83. The number of nitrogens with zero attached hydrogens (tertiary/aromatic N) is 4. The van der Waals surface area contributed by atoms with Gasteiger partial charge >= 0.3 is 0 Å². The maximum Gasteiger partial charge on any atom is 0.257 e. The Balaban J connectivity index is 1.51. The first kappa shape index (κ1) is 20.1. The molecule has 0 bridgehead atoms. The van der Waals surface area contributed by atoms with Gasteiger partial charge in [0.15, 0.2) is 0 Å². The number of aromatic amines is 1. The standard InChI is InChI=1S/C22H25N5O3/c1-15-11-16(12-23)4-5-18(15)21(28)27-6-2-3-17(14-27)20-19(13-24-25-20)22(29)26-7-9-30-10-8-26/h4-5,11,13,17H,2-3,6-10,14H2,1H3,(H,24,25). The summed E-state index contributed by atoms with van der Waals surface area (Å²) >= 11 is 0. The number of rotatable bonds is 3. The van der Waals surface area contributed by atoms with Crippen molar-refractivity contribution in [1.82, 2.24) is 20.0 Å². The maximum absolute atomic E-state index is 13.1. The molecule has 30 heavy (non-hydrogen) atoms. The van der Waals surface area contributed by atoms with E-state index in [1.54, 1.807) is 29.3 Å². The van der Waals surface area contributed by atoms with Crippen LogP contribution < -0.4 is 0 Å². The number of ether oxygens (including phenoxy) is 1. The number of piperidine rings is 1. The fourth-order valence-electron chi connectivity index (χ4n) is 4.26. The highest BCUT2D eigenvalue weighted by molar-refractivity contribution is 5.96. The third kappa shape index (κ3) is 3.94. The molecule has 1 N–H and O–H groups in total. The maximum atomic E-state index is 13.1. The Bertz CT molecular complexity index is 987. The van der Waals surface area contributed by atoms with Crippen LogP contribution in [0.1, 0.15) is 56.3 Å². The van der Waals surface area contributed by atoms with E-state index >= 15 is 0 Å². The quantitative estimate of drug-likeness (QED) is 0.839. The van der Waals surface area contributed by atoms with Crippen LogP contribution in [0.25, 0.3) is 0 Å². The Labute approximate surface area is 175 Å². The van der Waals surface area contributed by atoms with Crippen molar-refractivity contribution < 1.29 is 14.3 Å². The first-order valence-electron chi connectivity index (χ1n) is 10.3. The molecular weight excluding hydrogens is 382 g/mol. The zero-order chi connectivity index (χ0) is 21.1. The van der Waals surface area contributed by atoms with Gasteiger partial charge in [-0.2, -0.15) is 10.4 Å². The van der Waals surface area contributed by atoms with Gasteiger partial charge in [0.1, 0.15) is 0 Å². The number of nitriles is 1. The molecule has 2 aliphatic heterocycles. The topological polar surface area (TPSA) is 102 Å². The SMILES string of the molecule is Cc1cc(C#N)ccc1C(=O)N1CCCC(c2[nH]ncc2C(=O)N2CCOCC2)C1. The van der Waals surface area contributed by atoms with Crippen molar-refractivity contribution >= 4 is 11.8 Å². The third-order valence-electron chi connectivity index (χ3n) is 5.90. The number of H-pyrrole nitrogens is 1. The third-order valence-corrected chi connectivity index (χ3v) is 5.90. The zero-order valence-corrected chi connectivity index (χ0v) is 17.1. The first-order valence-corrected chi connectivity index (χ1v) is 10.3. The minimum absolute atomic E-state index is 0.0314. The second kappa shape index (κ2) is 8.67. The Kier molecular flexibility index (Phi) is 5.81. The molecule has 3 heterocycles. The largest absolute Gasteiger partial charge is 0.378 e. The number of morpholine rings is 1. The van der Waals surface area contributed by atoms with Crippen LogP contribution in [0.3, 0.4) is 0 Å². The van der Waals surface area contributed by atoms with E-state index in [1.165, 1.54) is 0 Å². The molecule has 1 aromatic carbocycles. The number of hydrogen-bond donors (Lipinski definition) is 1. The van der Waals surface area contributed by atoms with Crippen LogP contribution in [-0.4, -0.2) is 71.2 Å². The second-order valence-corrected chi connectivity index (χ2v) is 7.83. The van der Waals surface area contributed by atoms with E-state index in [0.29, 0.717) is 56.1 Å². The van der Waals surface area contributed by atoms with E-state index in [-0.39, 0.29) is 17.7 Å². The number of amides is 2. The molecule has 0 spiro atoms. The lowest BCUT2D eigenvalue weighted by Gasteiger charge is -2.33. The van der Waals surface area contributed by atoms with Gasteiger partial charge in [-0.05, 0) is 43.5 Å². The summed E-state index contributed by atoms with van der Waals surface area (Å²) in [6.07, 6.45) is 3.34. The molecule has 156 valence electrons. The summed E-state index contributed by atoms with van der Waals surface area (Å²) in [7, 11) is 0. The van der Waals surface area contributed by atoms with Crippen molar-refractivity contribution in [3.05, 3.63) is 52.3 Å². The predicted molar refractivity (Wildman–Crippen MR) is 109 cm³/mol. The van der Waals surface area contributed by atoms with Crippen LogP contribution in [-0.2, 0) is 4.74 Å². The first-order chi connectivity index (χ1) is 14.6. The Morgan fingerprint density at radius 1 is 1.17 bits per heavy atom. The van der Waals surface area contributed by atoms with E-state index in [1.807, 2.05) is 11.8 Å². The smallest absolute Gasteiger partial charge is 0.257 e. The number of hydrogen-bond acceptors (Lipinski definition) is 5. The lowest BCUT2D eigenvalue weighted by Crippen LogP contribution is -2.42. The number of likely N-dealkylation sites (tertiary alicyclic amines) is 1. The summed E-state index contributed by atoms with van der Waals surface area (Å²) in [4.78, 5) is 29.7. The number of aromatic nitrogens is 2. The Morgan fingerprint density at radius 2 is 1.93 bits per heavy atom. The van der Waals surface area contributed by atoms with Crippen molar-refractivity contribution in [2.45, 2.75) is 25.7 Å². The van der Waals surface area contributed by atoms with Crippen LogP contribution in [0.5, 0.6) is 0 Å². The highest BCUT2D eigenvalue weighted by Gasteiger charge is 2.31. The number of benzene rings is 1. The molecule has 8 heteroatoms. The lowest BCUT2D eigenvalue weighted by molar-refractivity contribution is 0.0301. The van der Waals surface area contributed by atoms with Crippen molar-refractivity contribution in [3.8, 4) is 6.07 Å². The van der Waals surface area contributed by atoms with Crippen molar-refractivity contribution in [1.29, 1.82) is 5.26 Å². The summed E-state index contributed by atoms with van der Waals surface area (Å²) in [5.41, 5.74) is 3.35. The van der Waals surface area contributed by atoms with Gasteiger partial charge in [0.25, 0.3) is 11.8 Å². The average molecular weight is 407 g/mol. The van der Waals surface area contributed by atoms with Crippen molar-refractivity contribution in [3.63, 3.8) is 0 Å². The molecule has 0 radical (unpaired) electrons. The molecule has 0 saturated carbocycles. The summed E-state index contributed by atoms with van der Waals surface area (Å²) in [6.45, 7) is 5.32. The molecule has 0 aliphatic carbocycles. The van der Waals surface area contributed by atoms with Gasteiger partial charge in [0.05, 0.1) is 42.3 Å². The molecule has 4 rings (SSSR count). The number of nitrogens with one attached hydrogen (secondary N) is 1. The molecular formula is C22H25N5O3. The van der Waals surface area contributed by atoms with E-state index in [4.69, 9.17) is 10.00 Å². The van der Waals surface area contributed by atoms with E-state index in [0.717, 1.165) is 24.1 Å². The highest BCUT2D eigenvalue weighted by atomic mass is 16.5. The molecule has 2 amide bonds. The fourth-order valence-corrected chi connectivity index (χ4v) is 4.26. The zero-order valence-electron chi connectivity index (χ0n) is 17.1. The van der Waals surface area contributed by atoms with E-state index < -0.39 is 0 Å². The number of carbonyl (C=O) groups is 2. The van der Waals surface area contributed by atoms with Crippen molar-refractivity contribution in [2.24, 2.45) is 0 Å². The minimum Gasteiger partial charge on any atom is -0.378 e. The van der Waals surface area contributed by atoms with E-state index in [9.17, 15) is 9.59 Å². The van der Waals surface area contributed by atoms with Crippen LogP contribution in [0.4, 0.5) is 0 Å². The van der Waals surface area contributed by atoms with Gasteiger partial charge in [-0.15, -0.1) is 0 Å². The van der Waals surface area contributed by atoms with Gasteiger partial charge in [-0.3, -0.25) is 14.7 Å². The number of aryl methyl sites for hydroxylation is 1. The molecule has 2 saturated heterocycles. The fraction of sp³-hybridized carbons (Fsp3) is 0.455. The van der Waals surface area contributed by atoms with Crippen LogP contribution >= 0.6 is 0 Å². The molecule has 8 nitrogen and oxygen atoms in total. The normalized spacial score (nSPS) is 19.4. The van der Waals surface area contributed by atoms with Crippen LogP contribution in [0.15, 0.2) is 24.4 Å². The van der Waals surface area contributed by atoms with Crippen molar-refractivity contribution in [2.75, 3.05) is 39.4 Å². The summed E-state index contributed by atoms with van der Waals surface area (Å²) in [5.74, 6) is -0.0421. The molecule has 2 aromatic rings. The van der Waals surface area contributed by atoms with Crippen LogP contribution in [0.2, 0.25) is 0 Å². The number of carbonyl (C=O) groups excluding carboxylic acids is 2. The Hall–Kier alpha value is -3.18. The summed E-state index contributed by atoms with van der Waals surface area (Å²) in [6, 6.07) is 7.24. The molecule has 2 fully saturated rings. The van der Waals surface area contributed by atoms with E-state index in [2.05, 4.69) is 16.3 Å². The highest BCUT2D eigenvalue weighted by Crippen LogP contribution is 2.29. The van der Waals surface area contributed by atoms with Gasteiger partial charge in [-0.1, -0.05) is 0 Å². The van der Waals surface area contributed by atoms with Gasteiger partial charge in [-0.25, -0.2) is 0 Å². The van der Waals surface area contributed by atoms with Gasteiger partial charge in [0, 0.05) is 37.7 Å². The summed E-state index contributed by atoms with van der Waals surface area (Å²) < 4.78 is 5.34. The molecule has 1 aromatic heterocycles.